The molecule has 9 nitrogen and oxygen atoms in total. The predicted octanol–water partition coefficient (Wildman–Crippen LogP) is 0.938. The smallest absolute Gasteiger partial charge is 0.261 e. The normalized spacial score (nSPS) is 16.3. The third kappa shape index (κ3) is 3.56. The van der Waals surface area contributed by atoms with Crippen LogP contribution in [0.4, 0.5) is 11.6 Å². The molecule has 1 aromatic carbocycles. The molecule has 0 radical (unpaired) electrons. The summed E-state index contributed by atoms with van der Waals surface area (Å²) >= 11 is 0. The van der Waals surface area contributed by atoms with Gasteiger partial charge in [0.15, 0.2) is 0 Å². The number of morpholine rings is 1. The molecule has 3 amide bonds. The van der Waals surface area contributed by atoms with Crippen LogP contribution in [0.3, 0.4) is 0 Å². The van der Waals surface area contributed by atoms with Crippen molar-refractivity contribution in [3.63, 3.8) is 0 Å². The highest BCUT2D eigenvalue weighted by Gasteiger charge is 2.34. The Bertz CT molecular complexity index is 891. The Hall–Kier alpha value is -3.33. The summed E-state index contributed by atoms with van der Waals surface area (Å²) in [6, 6.07) is 8.35. The van der Waals surface area contributed by atoms with Gasteiger partial charge in [0.25, 0.3) is 11.8 Å². The van der Waals surface area contributed by atoms with Gasteiger partial charge in [-0.25, -0.2) is 9.97 Å². The molecule has 1 aromatic heterocycles. The van der Waals surface area contributed by atoms with E-state index in [9.17, 15) is 14.4 Å². The Morgan fingerprint density at radius 1 is 1.07 bits per heavy atom. The number of imide groups is 1. The van der Waals surface area contributed by atoms with Gasteiger partial charge in [0.1, 0.15) is 18.0 Å². The van der Waals surface area contributed by atoms with Gasteiger partial charge in [0.05, 0.1) is 24.3 Å². The maximum atomic E-state index is 12.3. The van der Waals surface area contributed by atoms with Crippen LogP contribution in [-0.2, 0) is 9.53 Å². The Balaban J connectivity index is 1.35. The van der Waals surface area contributed by atoms with Gasteiger partial charge < -0.3 is 15.0 Å². The first-order chi connectivity index (χ1) is 13.6. The SMILES string of the molecule is O=C(CCN1C(=O)c2ccccc2C1=O)Nc1cc(N2CCOCC2)ncn1. The number of ether oxygens (including phenoxy) is 1. The molecule has 0 bridgehead atoms. The van der Waals surface area contributed by atoms with Gasteiger partial charge in [-0.3, -0.25) is 19.3 Å². The van der Waals surface area contributed by atoms with Crippen molar-refractivity contribution in [3.8, 4) is 0 Å². The van der Waals surface area contributed by atoms with Crippen molar-refractivity contribution in [3.05, 3.63) is 47.8 Å². The van der Waals surface area contributed by atoms with Gasteiger partial charge in [-0.1, -0.05) is 12.1 Å². The number of hydrogen-bond donors (Lipinski definition) is 1. The first-order valence-corrected chi connectivity index (χ1v) is 9.03. The second-order valence-corrected chi connectivity index (χ2v) is 6.47. The molecular formula is C19H19N5O4. The van der Waals surface area contributed by atoms with Gasteiger partial charge in [-0.15, -0.1) is 0 Å². The standard InChI is InChI=1S/C19H19N5O4/c25-17(5-6-24-18(26)13-3-1-2-4-14(13)19(24)27)22-15-11-16(21-12-20-15)23-7-9-28-10-8-23/h1-4,11-12H,5-10H2,(H,20,21,22,25). The maximum absolute atomic E-state index is 12.3. The molecule has 0 unspecified atom stereocenters. The third-order valence-corrected chi connectivity index (χ3v) is 4.70. The number of benzene rings is 1. The van der Waals surface area contributed by atoms with E-state index in [0.29, 0.717) is 36.0 Å². The molecule has 144 valence electrons. The molecule has 2 aliphatic heterocycles. The van der Waals surface area contributed by atoms with Crippen LogP contribution in [0, 0.1) is 0 Å². The minimum atomic E-state index is -0.370. The van der Waals surface area contributed by atoms with Crippen molar-refractivity contribution >= 4 is 29.4 Å². The lowest BCUT2D eigenvalue weighted by molar-refractivity contribution is -0.116. The average molecular weight is 381 g/mol. The molecule has 2 aliphatic rings. The van der Waals surface area contributed by atoms with Gasteiger partial charge in [0.2, 0.25) is 5.91 Å². The number of rotatable bonds is 5. The summed E-state index contributed by atoms with van der Waals surface area (Å²) in [5.74, 6) is 0.0241. The third-order valence-electron chi connectivity index (χ3n) is 4.70. The molecule has 9 heteroatoms. The van der Waals surface area contributed by atoms with Crippen molar-refractivity contribution < 1.29 is 19.1 Å². The zero-order valence-electron chi connectivity index (χ0n) is 15.1. The van der Waals surface area contributed by atoms with Crippen molar-refractivity contribution in [1.82, 2.24) is 14.9 Å². The molecule has 1 fully saturated rings. The molecule has 4 rings (SSSR count). The number of fused-ring (bicyclic) bond motifs is 1. The first kappa shape index (κ1) is 18.1. The summed E-state index contributed by atoms with van der Waals surface area (Å²) in [6.07, 6.45) is 1.38. The van der Waals surface area contributed by atoms with Crippen molar-refractivity contribution in [1.29, 1.82) is 0 Å². The second-order valence-electron chi connectivity index (χ2n) is 6.47. The van der Waals surface area contributed by atoms with E-state index in [2.05, 4.69) is 20.2 Å². The topological polar surface area (TPSA) is 105 Å². The molecular weight excluding hydrogens is 362 g/mol. The lowest BCUT2D eigenvalue weighted by Crippen LogP contribution is -2.36. The van der Waals surface area contributed by atoms with Crippen LogP contribution in [0.2, 0.25) is 0 Å². The maximum Gasteiger partial charge on any atom is 0.261 e. The summed E-state index contributed by atoms with van der Waals surface area (Å²) < 4.78 is 5.32. The van der Waals surface area contributed by atoms with Gasteiger partial charge in [-0.2, -0.15) is 0 Å². The summed E-state index contributed by atoms with van der Waals surface area (Å²) in [6.45, 7) is 2.73. The van der Waals surface area contributed by atoms with Crippen LogP contribution in [0.5, 0.6) is 0 Å². The van der Waals surface area contributed by atoms with Crippen molar-refractivity contribution in [2.24, 2.45) is 0 Å². The fourth-order valence-electron chi connectivity index (χ4n) is 3.24. The number of anilines is 2. The van der Waals surface area contributed by atoms with Crippen LogP contribution in [0.1, 0.15) is 27.1 Å². The zero-order chi connectivity index (χ0) is 19.5. The number of carbonyl (C=O) groups excluding carboxylic acids is 3. The lowest BCUT2D eigenvalue weighted by atomic mass is 10.1. The number of hydrogen-bond acceptors (Lipinski definition) is 7. The van der Waals surface area contributed by atoms with E-state index in [1.54, 1.807) is 30.3 Å². The Labute approximate surface area is 161 Å². The molecule has 0 spiro atoms. The molecule has 2 aromatic rings. The quantitative estimate of drug-likeness (QED) is 0.769. The van der Waals surface area contributed by atoms with Crippen LogP contribution >= 0.6 is 0 Å². The van der Waals surface area contributed by atoms with Crippen LogP contribution in [-0.4, -0.2) is 65.4 Å². The van der Waals surface area contributed by atoms with Gasteiger partial charge in [0, 0.05) is 32.1 Å². The van der Waals surface area contributed by atoms with E-state index in [1.807, 2.05) is 0 Å². The summed E-state index contributed by atoms with van der Waals surface area (Å²) in [5.41, 5.74) is 0.748. The predicted molar refractivity (Wildman–Crippen MR) is 100 cm³/mol. The molecule has 0 saturated carbocycles. The molecule has 0 atom stereocenters. The average Bonchev–Trinajstić information content (AvgIpc) is 2.98. The highest BCUT2D eigenvalue weighted by atomic mass is 16.5. The lowest BCUT2D eigenvalue weighted by Gasteiger charge is -2.27. The van der Waals surface area contributed by atoms with E-state index in [-0.39, 0.29) is 30.7 Å². The monoisotopic (exact) mass is 381 g/mol. The number of aromatic nitrogens is 2. The highest BCUT2D eigenvalue weighted by molar-refractivity contribution is 6.21. The van der Waals surface area contributed by atoms with E-state index in [1.165, 1.54) is 6.33 Å². The number of carbonyl (C=O) groups is 3. The summed E-state index contributed by atoms with van der Waals surface area (Å²) in [5, 5.41) is 2.70. The largest absolute Gasteiger partial charge is 0.378 e. The van der Waals surface area contributed by atoms with Crippen molar-refractivity contribution in [2.75, 3.05) is 43.1 Å². The van der Waals surface area contributed by atoms with E-state index < -0.39 is 0 Å². The van der Waals surface area contributed by atoms with E-state index in [4.69, 9.17) is 4.74 Å². The zero-order valence-corrected chi connectivity index (χ0v) is 15.1. The first-order valence-electron chi connectivity index (χ1n) is 9.03. The van der Waals surface area contributed by atoms with Crippen LogP contribution in [0.25, 0.3) is 0 Å². The highest BCUT2D eigenvalue weighted by Crippen LogP contribution is 2.22. The fourth-order valence-corrected chi connectivity index (χ4v) is 3.24. The minimum absolute atomic E-state index is 0.0115. The van der Waals surface area contributed by atoms with Crippen LogP contribution < -0.4 is 10.2 Å². The second kappa shape index (κ2) is 7.73. The number of amides is 3. The molecule has 1 saturated heterocycles. The minimum Gasteiger partial charge on any atom is -0.378 e. The number of nitrogens with one attached hydrogen (secondary N) is 1. The fraction of sp³-hybridized carbons (Fsp3) is 0.316. The van der Waals surface area contributed by atoms with Gasteiger partial charge >= 0.3 is 0 Å². The van der Waals surface area contributed by atoms with Crippen LogP contribution in [0.15, 0.2) is 36.7 Å². The summed E-state index contributed by atoms with van der Waals surface area (Å²) in [4.78, 5) is 48.4. The number of nitrogens with zero attached hydrogens (tertiary/aromatic N) is 4. The molecule has 0 aliphatic carbocycles. The summed E-state index contributed by atoms with van der Waals surface area (Å²) in [7, 11) is 0. The van der Waals surface area contributed by atoms with Gasteiger partial charge in [-0.05, 0) is 12.1 Å². The Morgan fingerprint density at radius 2 is 1.75 bits per heavy atom. The molecule has 1 N–H and O–H groups in total. The Kier molecular flexibility index (Phi) is 4.98. The molecule has 3 heterocycles. The van der Waals surface area contributed by atoms with E-state index >= 15 is 0 Å². The molecule has 28 heavy (non-hydrogen) atoms. The Morgan fingerprint density at radius 3 is 2.43 bits per heavy atom. The van der Waals surface area contributed by atoms with E-state index in [0.717, 1.165) is 18.0 Å². The van der Waals surface area contributed by atoms with Crippen molar-refractivity contribution in [2.45, 2.75) is 6.42 Å².